The van der Waals surface area contributed by atoms with E-state index in [2.05, 4.69) is 155 Å². The Morgan fingerprint density at radius 2 is 0.627 bits per heavy atom. The Balaban J connectivity index is 1.15. The SMILES string of the molecule is c1ccc2c(c1)c1ccccc1n2-c1ccc(C(c2ccc(-n3c4ccccc4c4ccccc43)cc2)(C2CCCCC2)C2CCCCC2)cc1. The van der Waals surface area contributed by atoms with Crippen molar-refractivity contribution in [2.45, 2.75) is 69.6 Å². The third-order valence-corrected chi connectivity index (χ3v) is 12.9. The Bertz CT molecular complexity index is 2200. The summed E-state index contributed by atoms with van der Waals surface area (Å²) in [5.74, 6) is 1.29. The lowest BCUT2D eigenvalue weighted by atomic mass is 9.53. The van der Waals surface area contributed by atoms with E-state index in [-0.39, 0.29) is 5.41 Å². The topological polar surface area (TPSA) is 9.86 Å². The first-order valence-corrected chi connectivity index (χ1v) is 19.5. The molecule has 2 fully saturated rings. The molecule has 0 atom stereocenters. The molecule has 2 saturated carbocycles. The smallest absolute Gasteiger partial charge is 0.0541 e. The zero-order chi connectivity index (χ0) is 33.8. The summed E-state index contributed by atoms with van der Waals surface area (Å²) in [6.07, 6.45) is 13.4. The molecule has 0 spiro atoms. The van der Waals surface area contributed by atoms with Crippen molar-refractivity contribution in [3.8, 4) is 11.4 Å². The van der Waals surface area contributed by atoms with Gasteiger partial charge in [0.15, 0.2) is 0 Å². The fourth-order valence-electron chi connectivity index (χ4n) is 10.7. The monoisotopic (exact) mass is 662 g/mol. The molecule has 8 aromatic rings. The maximum atomic E-state index is 2.53. The highest BCUT2D eigenvalue weighted by atomic mass is 15.0. The molecular weight excluding hydrogens is 617 g/mol. The van der Waals surface area contributed by atoms with Gasteiger partial charge in [0.05, 0.1) is 22.1 Å². The van der Waals surface area contributed by atoms with Gasteiger partial charge in [0, 0.05) is 38.3 Å². The predicted molar refractivity (Wildman–Crippen MR) is 215 cm³/mol. The minimum Gasteiger partial charge on any atom is -0.309 e. The molecule has 252 valence electrons. The van der Waals surface area contributed by atoms with E-state index >= 15 is 0 Å². The number of rotatable bonds is 6. The van der Waals surface area contributed by atoms with Crippen molar-refractivity contribution in [3.05, 3.63) is 157 Å². The van der Waals surface area contributed by atoms with Crippen LogP contribution < -0.4 is 0 Å². The summed E-state index contributed by atoms with van der Waals surface area (Å²) in [7, 11) is 0. The Morgan fingerprint density at radius 1 is 0.333 bits per heavy atom. The van der Waals surface area contributed by atoms with Gasteiger partial charge in [0.2, 0.25) is 0 Å². The second kappa shape index (κ2) is 12.6. The number of hydrogen-bond donors (Lipinski definition) is 0. The number of benzene rings is 6. The van der Waals surface area contributed by atoms with Gasteiger partial charge in [-0.3, -0.25) is 0 Å². The minimum absolute atomic E-state index is 0.000449. The maximum Gasteiger partial charge on any atom is 0.0541 e. The van der Waals surface area contributed by atoms with Crippen LogP contribution >= 0.6 is 0 Å². The zero-order valence-electron chi connectivity index (χ0n) is 29.5. The van der Waals surface area contributed by atoms with Crippen LogP contribution in [0.25, 0.3) is 55.0 Å². The molecule has 0 N–H and O–H groups in total. The van der Waals surface area contributed by atoms with E-state index in [1.54, 1.807) is 0 Å². The molecule has 0 unspecified atom stereocenters. The summed E-state index contributed by atoms with van der Waals surface area (Å²) in [6.45, 7) is 0. The zero-order valence-corrected chi connectivity index (χ0v) is 29.5. The third kappa shape index (κ3) is 4.83. The first-order valence-electron chi connectivity index (χ1n) is 19.5. The van der Waals surface area contributed by atoms with Gasteiger partial charge >= 0.3 is 0 Å². The molecule has 0 saturated heterocycles. The predicted octanol–water partition coefficient (Wildman–Crippen LogP) is 13.3. The number of nitrogens with zero attached hydrogens (tertiary/aromatic N) is 2. The van der Waals surface area contributed by atoms with Crippen molar-refractivity contribution in [2.75, 3.05) is 0 Å². The summed E-state index contributed by atoms with van der Waals surface area (Å²) in [5, 5.41) is 5.28. The molecule has 2 aromatic heterocycles. The largest absolute Gasteiger partial charge is 0.309 e. The number of para-hydroxylation sites is 4. The fourth-order valence-corrected chi connectivity index (χ4v) is 10.7. The Labute approximate surface area is 301 Å². The molecule has 2 aliphatic carbocycles. The standard InChI is InChI=1S/C49H46N2/c1-3-15-35(16-4-1)49(36-17-5-2-6-18-36,37-27-31-39(32-28-37)50-45-23-11-7-19-41(45)42-20-8-12-24-46(42)50)38-29-33-40(34-30-38)51-47-25-13-9-21-43(47)44-22-10-14-26-48(44)51/h7-14,19-36H,1-6,15-18H2. The Morgan fingerprint density at radius 3 is 0.941 bits per heavy atom. The van der Waals surface area contributed by atoms with Crippen molar-refractivity contribution < 1.29 is 0 Å². The van der Waals surface area contributed by atoms with Crippen LogP contribution in [-0.2, 0) is 5.41 Å². The minimum atomic E-state index is -0.000449. The van der Waals surface area contributed by atoms with Crippen LogP contribution in [0.5, 0.6) is 0 Å². The Kier molecular flexibility index (Phi) is 7.59. The molecule has 2 heteroatoms. The molecule has 2 heterocycles. The van der Waals surface area contributed by atoms with Crippen molar-refractivity contribution in [1.82, 2.24) is 9.13 Å². The fraction of sp³-hybridized carbons (Fsp3) is 0.265. The van der Waals surface area contributed by atoms with E-state index in [1.165, 1.54) is 130 Å². The van der Waals surface area contributed by atoms with E-state index in [1.807, 2.05) is 0 Å². The van der Waals surface area contributed by atoms with E-state index in [4.69, 9.17) is 0 Å². The van der Waals surface area contributed by atoms with Crippen LogP contribution in [0.15, 0.2) is 146 Å². The summed E-state index contributed by atoms with van der Waals surface area (Å²) in [5.41, 5.74) is 10.6. The second-order valence-corrected chi connectivity index (χ2v) is 15.4. The average molecular weight is 663 g/mol. The van der Waals surface area contributed by atoms with Gasteiger partial charge in [-0.1, -0.05) is 136 Å². The first-order chi connectivity index (χ1) is 25.3. The Hall–Kier alpha value is -5.08. The van der Waals surface area contributed by atoms with Gasteiger partial charge in [0.25, 0.3) is 0 Å². The van der Waals surface area contributed by atoms with Gasteiger partial charge in [0.1, 0.15) is 0 Å². The van der Waals surface area contributed by atoms with Crippen molar-refractivity contribution in [2.24, 2.45) is 11.8 Å². The van der Waals surface area contributed by atoms with Gasteiger partial charge in [-0.15, -0.1) is 0 Å². The molecule has 0 aliphatic heterocycles. The van der Waals surface area contributed by atoms with Crippen LogP contribution in [0.2, 0.25) is 0 Å². The van der Waals surface area contributed by atoms with E-state index in [9.17, 15) is 0 Å². The number of aromatic nitrogens is 2. The van der Waals surface area contributed by atoms with Crippen LogP contribution in [-0.4, -0.2) is 9.13 Å². The summed E-state index contributed by atoms with van der Waals surface area (Å²) >= 11 is 0. The highest BCUT2D eigenvalue weighted by Crippen LogP contribution is 2.55. The average Bonchev–Trinajstić information content (AvgIpc) is 3.73. The van der Waals surface area contributed by atoms with Crippen molar-refractivity contribution >= 4 is 43.6 Å². The van der Waals surface area contributed by atoms with Gasteiger partial charge in [-0.25, -0.2) is 0 Å². The normalized spacial score (nSPS) is 16.5. The maximum absolute atomic E-state index is 2.53. The van der Waals surface area contributed by atoms with E-state index in [0.717, 1.165) is 0 Å². The molecule has 2 nitrogen and oxygen atoms in total. The molecule has 0 amide bonds. The van der Waals surface area contributed by atoms with E-state index in [0.29, 0.717) is 11.8 Å². The van der Waals surface area contributed by atoms with Crippen LogP contribution in [0.4, 0.5) is 0 Å². The third-order valence-electron chi connectivity index (χ3n) is 12.9. The molecule has 10 rings (SSSR count). The van der Waals surface area contributed by atoms with Crippen molar-refractivity contribution in [3.63, 3.8) is 0 Å². The second-order valence-electron chi connectivity index (χ2n) is 15.4. The highest BCUT2D eigenvalue weighted by molar-refractivity contribution is 6.10. The molecular formula is C49H46N2. The summed E-state index contributed by atoms with van der Waals surface area (Å²) in [4.78, 5) is 0. The molecule has 2 aliphatic rings. The summed E-state index contributed by atoms with van der Waals surface area (Å²) < 4.78 is 4.94. The van der Waals surface area contributed by atoms with Crippen LogP contribution in [0.3, 0.4) is 0 Å². The molecule has 0 bridgehead atoms. The van der Waals surface area contributed by atoms with Crippen LogP contribution in [0, 0.1) is 11.8 Å². The van der Waals surface area contributed by atoms with Crippen LogP contribution in [0.1, 0.15) is 75.3 Å². The number of hydrogen-bond acceptors (Lipinski definition) is 0. The lowest BCUT2D eigenvalue weighted by Gasteiger charge is -2.50. The quantitative estimate of drug-likeness (QED) is 0.168. The lowest BCUT2D eigenvalue weighted by Crippen LogP contribution is -2.45. The van der Waals surface area contributed by atoms with Gasteiger partial charge in [-0.2, -0.15) is 0 Å². The molecule has 51 heavy (non-hydrogen) atoms. The van der Waals surface area contributed by atoms with Gasteiger partial charge in [-0.05, 0) is 97.2 Å². The van der Waals surface area contributed by atoms with E-state index < -0.39 is 0 Å². The molecule has 0 radical (unpaired) electrons. The van der Waals surface area contributed by atoms with Crippen molar-refractivity contribution in [1.29, 1.82) is 0 Å². The van der Waals surface area contributed by atoms with Gasteiger partial charge < -0.3 is 9.13 Å². The number of fused-ring (bicyclic) bond motifs is 6. The molecule has 6 aromatic carbocycles. The summed E-state index contributed by atoms with van der Waals surface area (Å²) in [6, 6.07) is 55.4. The first kappa shape index (κ1) is 30.7. The lowest BCUT2D eigenvalue weighted by molar-refractivity contribution is 0.134. The highest BCUT2D eigenvalue weighted by Gasteiger charge is 2.48.